The fraction of sp³-hybridized carbons (Fsp3) is 0.324. The van der Waals surface area contributed by atoms with Crippen molar-refractivity contribution in [3.8, 4) is 29.4 Å². The lowest BCUT2D eigenvalue weighted by atomic mass is 9.82. The smallest absolute Gasteiger partial charge is 0.461 e. The molecule has 3 aliphatic carbocycles. The second-order valence-corrected chi connectivity index (χ2v) is 24.5. The van der Waals surface area contributed by atoms with Crippen LogP contribution in [0.4, 0.5) is 20.7 Å². The minimum Gasteiger partial charge on any atom is -0.461 e. The molecule has 100 heavy (non-hydrogen) atoms. The number of nitrogens with zero attached hydrogens (tertiary/aromatic N) is 14. The van der Waals surface area contributed by atoms with E-state index in [1.807, 2.05) is 41.5 Å². The van der Waals surface area contributed by atoms with E-state index in [-0.39, 0.29) is 73.5 Å². The maximum atomic E-state index is 13.6. The van der Waals surface area contributed by atoms with Gasteiger partial charge >= 0.3 is 25.1 Å². The minimum atomic E-state index is -1.65. The molecule has 13 rings (SSSR count). The van der Waals surface area contributed by atoms with E-state index >= 15 is 0 Å². The molecule has 1 aliphatic heterocycles. The molecule has 6 N–H and O–H groups in total. The summed E-state index contributed by atoms with van der Waals surface area (Å²) in [5.74, 6) is 0.117. The minimum absolute atomic E-state index is 0.000000000000000444. The summed E-state index contributed by atoms with van der Waals surface area (Å²) in [5.41, 5.74) is 18.4. The zero-order valence-corrected chi connectivity index (χ0v) is 60.1. The number of ether oxygens (including phenoxy) is 4. The van der Waals surface area contributed by atoms with Gasteiger partial charge in [0, 0.05) is 49.7 Å². The maximum absolute atomic E-state index is 13.6. The van der Waals surface area contributed by atoms with Crippen LogP contribution in [0.1, 0.15) is 107 Å². The van der Waals surface area contributed by atoms with Crippen LogP contribution in [0, 0.1) is 11.6 Å². The highest BCUT2D eigenvalue weighted by Gasteiger charge is 2.18. The summed E-state index contributed by atoms with van der Waals surface area (Å²) in [7, 11) is -1.65. The molecule has 0 atom stereocenters. The predicted molar refractivity (Wildman–Crippen MR) is 388 cm³/mol. The third-order valence-electron chi connectivity index (χ3n) is 13.7. The summed E-state index contributed by atoms with van der Waals surface area (Å²) in [4.78, 5) is 54.0. The molecule has 0 bridgehead atoms. The monoisotopic (exact) mass is 1480 g/mol. The van der Waals surface area contributed by atoms with Gasteiger partial charge in [0.1, 0.15) is 11.6 Å². The van der Waals surface area contributed by atoms with Gasteiger partial charge < -0.3 is 45.4 Å². The fourth-order valence-electron chi connectivity index (χ4n) is 9.54. The molecule has 9 aromatic rings. The molecule has 3 aromatic carbocycles. The SMILES string of the molecule is C1CCOC1.CC(C)Oc1nc(Cl)nc(Cl)n1.CC(C)Oc1nc(Cl)nc(NCCC2=CCc3ccccc32)n1.CC(C)Oc1nc(NCCC2=CCc3ccccc32)nc(-c2cncc(F)c2)n1.Clc1nc(Cl)nc(Cl)n1.NCCC1=CCc2ccccc21.OB(O)c1cncc(F)c1. The van der Waals surface area contributed by atoms with Crippen LogP contribution < -0.4 is 36.0 Å². The number of aromatic nitrogens is 14. The van der Waals surface area contributed by atoms with Gasteiger partial charge in [-0.15, -0.1) is 0 Å². The second-order valence-electron chi connectivity index (χ2n) is 22.5. The zero-order chi connectivity index (χ0) is 71.9. The molecule has 23 nitrogen and oxygen atoms in total. The summed E-state index contributed by atoms with van der Waals surface area (Å²) in [6.07, 6.45) is 19.9. The van der Waals surface area contributed by atoms with Crippen LogP contribution in [0.25, 0.3) is 28.1 Å². The van der Waals surface area contributed by atoms with Crippen molar-refractivity contribution in [1.29, 1.82) is 0 Å². The van der Waals surface area contributed by atoms with E-state index in [2.05, 4.69) is 171 Å². The summed E-state index contributed by atoms with van der Waals surface area (Å²) < 4.78 is 47.0. The van der Waals surface area contributed by atoms with E-state index in [9.17, 15) is 8.78 Å². The van der Waals surface area contributed by atoms with Crippen molar-refractivity contribution in [3.05, 3.63) is 205 Å². The van der Waals surface area contributed by atoms with E-state index < -0.39 is 18.8 Å². The number of anilines is 2. The molecule has 4 aliphatic rings. The molecular weight excluding hydrogens is 1410 g/mol. The first-order valence-electron chi connectivity index (χ1n) is 31.7. The largest absolute Gasteiger partial charge is 0.490 e. The lowest BCUT2D eigenvalue weighted by molar-refractivity contribution is 0.198. The highest BCUT2D eigenvalue weighted by atomic mass is 35.5. The standard InChI is InChI=1S/C22H22FN5O.C17H19ClN4O.C11H13N.C6H7Cl2N3O.C5H5BFNO2.C4H8O.C3Cl3N3/c1-14(2)29-22-27-20(17-11-18(23)13-24-12-17)26-21(28-22)25-10-9-16-8-7-15-5-3-4-6-19(15)16;1-11(2)23-17-21-15(18)20-16(22-17)19-10-9-13-8-7-12-5-3-4-6-14(12)13;12-8-7-10-6-5-9-3-1-2-4-11(9)10;1-3(2)12-6-10-4(7)9-5(8)11-6;7-5-1-4(6(9)10)2-8-3-5;1-2-4-5-3-1;4-1-7-2(5)9-3(6)8-1/h3-6,8,11-14H,7,9-10H2,1-2H3,(H,25,26,27,28);3-6,8,11H,7,9-10H2,1-2H3,(H,19,20,21,22);1-4,6H,5,7-8,12H2;3H,1-2H3;1-3,9-10H;1-4H2;. The van der Waals surface area contributed by atoms with Crippen molar-refractivity contribution in [3.63, 3.8) is 0 Å². The lowest BCUT2D eigenvalue weighted by Gasteiger charge is -2.12. The van der Waals surface area contributed by atoms with Crippen LogP contribution in [0.2, 0.25) is 31.7 Å². The van der Waals surface area contributed by atoms with E-state index in [4.69, 9.17) is 104 Å². The van der Waals surface area contributed by atoms with Crippen LogP contribution in [-0.2, 0) is 24.0 Å². The molecule has 0 saturated carbocycles. The normalized spacial score (nSPS) is 12.6. The van der Waals surface area contributed by atoms with Gasteiger partial charge in [-0.05, 0) is 231 Å². The summed E-state index contributed by atoms with van der Waals surface area (Å²) in [6.45, 7) is 15.4. The number of benzene rings is 3. The first kappa shape index (κ1) is 79.1. The third-order valence-corrected chi connectivity index (χ3v) is 14.7. The number of nitrogens with two attached hydrogens (primary N) is 1. The van der Waals surface area contributed by atoms with Crippen molar-refractivity contribution >= 4 is 111 Å². The maximum Gasteiger partial charge on any atom is 0.490 e. The number of pyridine rings is 2. The molecule has 32 heteroatoms. The van der Waals surface area contributed by atoms with Crippen LogP contribution in [-0.4, -0.2) is 138 Å². The zero-order valence-electron chi connectivity index (χ0n) is 55.5. The number of fused-ring (bicyclic) bond motifs is 3. The molecule has 1 fully saturated rings. The number of rotatable bonds is 18. The van der Waals surface area contributed by atoms with Crippen molar-refractivity contribution in [2.24, 2.45) is 5.73 Å². The molecule has 0 unspecified atom stereocenters. The van der Waals surface area contributed by atoms with Gasteiger partial charge in [0.2, 0.25) is 43.6 Å². The van der Waals surface area contributed by atoms with Crippen LogP contribution in [0.15, 0.2) is 128 Å². The number of allylic oxidation sites excluding steroid dienone is 3. The van der Waals surface area contributed by atoms with Gasteiger partial charge in [0.25, 0.3) is 0 Å². The predicted octanol–water partition coefficient (Wildman–Crippen LogP) is 13.5. The van der Waals surface area contributed by atoms with Crippen molar-refractivity contribution < 1.29 is 37.8 Å². The van der Waals surface area contributed by atoms with Gasteiger partial charge in [0.15, 0.2) is 5.82 Å². The van der Waals surface area contributed by atoms with Gasteiger partial charge in [0.05, 0.1) is 30.7 Å². The van der Waals surface area contributed by atoms with Gasteiger partial charge in [-0.1, -0.05) is 91.0 Å². The Labute approximate surface area is 609 Å². The van der Waals surface area contributed by atoms with E-state index in [1.165, 1.54) is 81.4 Å². The quantitative estimate of drug-likeness (QED) is 0.0498. The van der Waals surface area contributed by atoms with Crippen molar-refractivity contribution in [2.45, 2.75) is 111 Å². The summed E-state index contributed by atoms with van der Waals surface area (Å²) in [6, 6.07) is 28.4. The van der Waals surface area contributed by atoms with E-state index in [0.717, 1.165) is 83.3 Å². The summed E-state index contributed by atoms with van der Waals surface area (Å²) in [5, 5.41) is 23.6. The first-order chi connectivity index (χ1) is 48.1. The Bertz CT molecular complexity index is 4110. The Morgan fingerprint density at radius 1 is 0.480 bits per heavy atom. The number of nitrogens with one attached hydrogen (secondary N) is 2. The second kappa shape index (κ2) is 41.5. The Hall–Kier alpha value is -8.28. The Kier molecular flexibility index (Phi) is 32.8. The van der Waals surface area contributed by atoms with Crippen molar-refractivity contribution in [2.75, 3.05) is 43.5 Å². The highest BCUT2D eigenvalue weighted by Crippen LogP contribution is 2.32. The molecule has 7 heterocycles. The third kappa shape index (κ3) is 27.7. The fourth-order valence-corrected chi connectivity index (χ4v) is 10.7. The first-order valence-corrected chi connectivity index (χ1v) is 34.0. The Balaban J connectivity index is 0.000000175. The van der Waals surface area contributed by atoms with Crippen LogP contribution >= 0.6 is 69.6 Å². The van der Waals surface area contributed by atoms with Gasteiger partial charge in [-0.25, -0.2) is 8.78 Å². The average molecular weight is 1490 g/mol. The van der Waals surface area contributed by atoms with Crippen molar-refractivity contribution in [1.82, 2.24) is 69.8 Å². The van der Waals surface area contributed by atoms with E-state index in [1.54, 1.807) is 0 Å². The Morgan fingerprint density at radius 2 is 0.860 bits per heavy atom. The highest BCUT2D eigenvalue weighted by molar-refractivity contribution is 6.58. The molecule has 0 amide bonds. The number of hydrogen-bond donors (Lipinski definition) is 5. The van der Waals surface area contributed by atoms with Gasteiger partial charge in [-0.2, -0.15) is 59.8 Å². The number of hydrogen-bond acceptors (Lipinski definition) is 23. The topological polar surface area (TPSA) is 308 Å². The number of halogens is 8. The molecule has 0 radical (unpaired) electrons. The van der Waals surface area contributed by atoms with Gasteiger partial charge in [-0.3, -0.25) is 9.97 Å². The average Bonchev–Trinajstić information content (AvgIpc) is 1.65. The molecule has 1 saturated heterocycles. The molecule has 0 spiro atoms. The lowest BCUT2D eigenvalue weighted by Crippen LogP contribution is -2.30. The molecular formula is C68H74BCl6F2N17O6. The van der Waals surface area contributed by atoms with Crippen LogP contribution in [0.3, 0.4) is 0 Å². The molecule has 526 valence electrons. The molecule has 6 aromatic heterocycles. The Morgan fingerprint density at radius 3 is 1.25 bits per heavy atom. The van der Waals surface area contributed by atoms with Crippen LogP contribution in [0.5, 0.6) is 18.0 Å². The van der Waals surface area contributed by atoms with E-state index in [0.29, 0.717) is 29.8 Å². The summed E-state index contributed by atoms with van der Waals surface area (Å²) >= 11 is 32.9.